The van der Waals surface area contributed by atoms with E-state index < -0.39 is 11.3 Å². The second-order valence-corrected chi connectivity index (χ2v) is 8.70. The first-order valence-corrected chi connectivity index (χ1v) is 12.3. The van der Waals surface area contributed by atoms with Crippen LogP contribution in [0.1, 0.15) is 34.5 Å². The minimum Gasteiger partial charge on any atom is -0.345 e. The van der Waals surface area contributed by atoms with Crippen LogP contribution in [-0.2, 0) is 16.6 Å². The number of rotatable bonds is 7. The summed E-state index contributed by atoms with van der Waals surface area (Å²) in [5.41, 5.74) is 3.77. The third-order valence-electron chi connectivity index (χ3n) is 5.18. The fourth-order valence-electron chi connectivity index (χ4n) is 3.56. The Labute approximate surface area is 202 Å². The minimum absolute atomic E-state index is 0.251. The maximum absolute atomic E-state index is 13.3. The number of carbonyl (C=O) groups is 1. The summed E-state index contributed by atoms with van der Waals surface area (Å²) in [6, 6.07) is 19.7. The van der Waals surface area contributed by atoms with Gasteiger partial charge in [0.2, 0.25) is 0 Å². The van der Waals surface area contributed by atoms with Gasteiger partial charge in [-0.1, -0.05) is 58.4 Å². The van der Waals surface area contributed by atoms with Crippen LogP contribution in [-0.4, -0.2) is 24.6 Å². The first-order valence-electron chi connectivity index (χ1n) is 10.1. The smallest absolute Gasteiger partial charge is 0.266 e. The van der Waals surface area contributed by atoms with Gasteiger partial charge >= 0.3 is 0 Å². The summed E-state index contributed by atoms with van der Waals surface area (Å²) >= 11 is 0.950. The Morgan fingerprint density at radius 3 is 2.55 bits per heavy atom. The summed E-state index contributed by atoms with van der Waals surface area (Å²) in [5.74, 6) is -0.357. The number of anilines is 2. The third-order valence-corrected chi connectivity index (χ3v) is 6.53. The van der Waals surface area contributed by atoms with Gasteiger partial charge < -0.3 is 5.32 Å². The highest BCUT2D eigenvalue weighted by molar-refractivity contribution is 9.08. The van der Waals surface area contributed by atoms with Crippen molar-refractivity contribution >= 4 is 55.5 Å². The molecule has 0 fully saturated rings. The highest BCUT2D eigenvalue weighted by atomic mass is 79.9. The SMILES string of the molecule is CC(NC(=O)c1ccc(CBr)cc1N(c1cccc2nccnc12)S(=O)O)c1ccccc1. The molecule has 2 N–H and O–H groups in total. The summed E-state index contributed by atoms with van der Waals surface area (Å²) in [7, 11) is 0. The summed E-state index contributed by atoms with van der Waals surface area (Å²) in [6.07, 6.45) is 3.08. The molecule has 1 amide bonds. The molecule has 33 heavy (non-hydrogen) atoms. The number of aromatic nitrogens is 2. The van der Waals surface area contributed by atoms with Crippen molar-refractivity contribution in [2.45, 2.75) is 18.3 Å². The third kappa shape index (κ3) is 4.95. The molecule has 2 atom stereocenters. The van der Waals surface area contributed by atoms with Crippen molar-refractivity contribution in [1.82, 2.24) is 15.3 Å². The molecular formula is C24H21BrN4O3S. The normalized spacial score (nSPS) is 12.8. The van der Waals surface area contributed by atoms with Crippen molar-refractivity contribution in [2.24, 2.45) is 0 Å². The molecular weight excluding hydrogens is 504 g/mol. The van der Waals surface area contributed by atoms with Crippen molar-refractivity contribution in [3.63, 3.8) is 0 Å². The van der Waals surface area contributed by atoms with Gasteiger partial charge in [-0.3, -0.25) is 19.3 Å². The number of halogens is 1. The molecule has 0 saturated carbocycles. The number of fused-ring (bicyclic) bond motifs is 1. The van der Waals surface area contributed by atoms with E-state index in [4.69, 9.17) is 0 Å². The molecule has 0 radical (unpaired) electrons. The Bertz CT molecular complexity index is 1310. The highest BCUT2D eigenvalue weighted by Crippen LogP contribution is 2.35. The minimum atomic E-state index is -2.48. The quantitative estimate of drug-likeness (QED) is 0.253. The molecule has 0 saturated heterocycles. The number of nitrogens with one attached hydrogen (secondary N) is 1. The fourth-order valence-corrected chi connectivity index (χ4v) is 4.54. The van der Waals surface area contributed by atoms with E-state index in [9.17, 15) is 13.6 Å². The van der Waals surface area contributed by atoms with Gasteiger partial charge in [0.25, 0.3) is 17.2 Å². The number of hydrogen-bond acceptors (Lipinski definition) is 4. The van der Waals surface area contributed by atoms with Crippen molar-refractivity contribution < 1.29 is 13.6 Å². The molecule has 9 heteroatoms. The van der Waals surface area contributed by atoms with E-state index in [1.807, 2.05) is 43.3 Å². The van der Waals surface area contributed by atoms with Crippen LogP contribution in [0.2, 0.25) is 0 Å². The lowest BCUT2D eigenvalue weighted by atomic mass is 10.1. The van der Waals surface area contributed by atoms with Crippen LogP contribution in [0.15, 0.2) is 79.1 Å². The van der Waals surface area contributed by atoms with Gasteiger partial charge in [0, 0.05) is 17.7 Å². The first kappa shape index (κ1) is 23.0. The van der Waals surface area contributed by atoms with Crippen LogP contribution in [0, 0.1) is 0 Å². The van der Waals surface area contributed by atoms with Gasteiger partial charge in [0.15, 0.2) is 0 Å². The topological polar surface area (TPSA) is 95.4 Å². The Kier molecular flexibility index (Phi) is 7.12. The average Bonchev–Trinajstić information content (AvgIpc) is 2.84. The molecule has 0 aliphatic carbocycles. The van der Waals surface area contributed by atoms with Gasteiger partial charge in [-0.25, -0.2) is 8.51 Å². The lowest BCUT2D eigenvalue weighted by Crippen LogP contribution is -2.29. The Morgan fingerprint density at radius 2 is 1.82 bits per heavy atom. The number of carbonyl (C=O) groups excluding carboxylic acids is 1. The molecule has 7 nitrogen and oxygen atoms in total. The van der Waals surface area contributed by atoms with Crippen molar-refractivity contribution in [2.75, 3.05) is 4.31 Å². The van der Waals surface area contributed by atoms with E-state index in [0.29, 0.717) is 27.7 Å². The predicted octanol–water partition coefficient (Wildman–Crippen LogP) is 5.29. The summed E-state index contributed by atoms with van der Waals surface area (Å²) in [5, 5.41) is 3.50. The average molecular weight is 525 g/mol. The fraction of sp³-hybridized carbons (Fsp3) is 0.125. The zero-order valence-electron chi connectivity index (χ0n) is 17.7. The van der Waals surface area contributed by atoms with Crippen LogP contribution in [0.25, 0.3) is 11.0 Å². The van der Waals surface area contributed by atoms with Crippen molar-refractivity contribution in [3.8, 4) is 0 Å². The van der Waals surface area contributed by atoms with Gasteiger partial charge in [-0.2, -0.15) is 0 Å². The molecule has 0 spiro atoms. The molecule has 1 aromatic heterocycles. The van der Waals surface area contributed by atoms with E-state index in [0.717, 1.165) is 11.1 Å². The molecule has 0 bridgehead atoms. The number of hydrogen-bond donors (Lipinski definition) is 2. The highest BCUT2D eigenvalue weighted by Gasteiger charge is 2.25. The maximum Gasteiger partial charge on any atom is 0.266 e. The lowest BCUT2D eigenvalue weighted by Gasteiger charge is -2.24. The van der Waals surface area contributed by atoms with E-state index in [1.165, 1.54) is 10.5 Å². The molecule has 3 aromatic carbocycles. The van der Waals surface area contributed by atoms with Crippen molar-refractivity contribution in [1.29, 1.82) is 0 Å². The van der Waals surface area contributed by atoms with Gasteiger partial charge in [-0.15, -0.1) is 0 Å². The van der Waals surface area contributed by atoms with Crippen LogP contribution < -0.4 is 9.62 Å². The zero-order chi connectivity index (χ0) is 23.4. The second kappa shape index (κ2) is 10.2. The predicted molar refractivity (Wildman–Crippen MR) is 134 cm³/mol. The maximum atomic E-state index is 13.3. The first-order chi connectivity index (χ1) is 16.0. The zero-order valence-corrected chi connectivity index (χ0v) is 20.1. The number of benzene rings is 3. The monoisotopic (exact) mass is 524 g/mol. The van der Waals surface area contributed by atoms with E-state index >= 15 is 0 Å². The van der Waals surface area contributed by atoms with Crippen LogP contribution in [0.4, 0.5) is 11.4 Å². The summed E-state index contributed by atoms with van der Waals surface area (Å²) in [6.45, 7) is 1.89. The standard InChI is InChI=1S/C24H21BrN4O3S/c1-16(18-6-3-2-4-7-18)28-24(30)19-11-10-17(15-25)14-22(19)29(33(31)32)21-9-5-8-20-23(21)27-13-12-26-20/h2-14,16H,15H2,1H3,(H,28,30)(H,31,32). The Morgan fingerprint density at radius 1 is 1.06 bits per heavy atom. The van der Waals surface area contributed by atoms with Crippen LogP contribution in [0.5, 0.6) is 0 Å². The van der Waals surface area contributed by atoms with E-state index in [2.05, 4.69) is 31.2 Å². The molecule has 4 aromatic rings. The molecule has 0 aliphatic rings. The van der Waals surface area contributed by atoms with Gasteiger partial charge in [-0.05, 0) is 42.3 Å². The molecule has 2 unspecified atom stereocenters. The molecule has 1 heterocycles. The largest absolute Gasteiger partial charge is 0.345 e. The van der Waals surface area contributed by atoms with Gasteiger partial charge in [0.05, 0.1) is 28.5 Å². The number of para-hydroxylation sites is 1. The summed E-state index contributed by atoms with van der Waals surface area (Å²) in [4.78, 5) is 22.0. The number of amides is 1. The molecule has 4 rings (SSSR count). The Hall–Kier alpha value is -3.14. The van der Waals surface area contributed by atoms with Crippen LogP contribution in [0.3, 0.4) is 0 Å². The molecule has 168 valence electrons. The molecule has 0 aliphatic heterocycles. The van der Waals surface area contributed by atoms with Crippen molar-refractivity contribution in [3.05, 3.63) is 95.8 Å². The van der Waals surface area contributed by atoms with E-state index in [1.54, 1.807) is 36.5 Å². The number of alkyl halides is 1. The Balaban J connectivity index is 1.81. The van der Waals surface area contributed by atoms with E-state index in [-0.39, 0.29) is 17.5 Å². The lowest BCUT2D eigenvalue weighted by molar-refractivity contribution is 0.0940. The second-order valence-electron chi connectivity index (χ2n) is 7.32. The summed E-state index contributed by atoms with van der Waals surface area (Å²) < 4.78 is 24.1. The number of nitrogens with zero attached hydrogens (tertiary/aromatic N) is 3. The van der Waals surface area contributed by atoms with Gasteiger partial charge in [0.1, 0.15) is 5.52 Å². The van der Waals surface area contributed by atoms with Crippen LogP contribution >= 0.6 is 15.9 Å².